The van der Waals surface area contributed by atoms with Gasteiger partial charge < -0.3 is 15.5 Å². The number of aryl methyl sites for hydroxylation is 2. The molecule has 1 aromatic heterocycles. The quantitative estimate of drug-likeness (QED) is 0.749. The third-order valence-electron chi connectivity index (χ3n) is 2.42. The Morgan fingerprint density at radius 1 is 1.41 bits per heavy atom. The maximum atomic E-state index is 11.8. The third-order valence-corrected chi connectivity index (χ3v) is 3.58. The summed E-state index contributed by atoms with van der Waals surface area (Å²) >= 11 is 1.30. The van der Waals surface area contributed by atoms with Crippen LogP contribution in [0.25, 0.3) is 0 Å². The Labute approximate surface area is 103 Å². The normalized spacial score (nSPS) is 14.1. The molecule has 1 heterocycles. The smallest absolute Gasteiger partial charge is 0.328 e. The second-order valence-corrected chi connectivity index (χ2v) is 5.14. The Morgan fingerprint density at radius 2 is 2.00 bits per heavy atom. The predicted molar refractivity (Wildman–Crippen MR) is 64.4 cm³/mol. The molecule has 17 heavy (non-hydrogen) atoms. The molecule has 0 aliphatic heterocycles. The van der Waals surface area contributed by atoms with E-state index in [0.717, 1.165) is 10.4 Å². The summed E-state index contributed by atoms with van der Waals surface area (Å²) < 4.78 is 0. The van der Waals surface area contributed by atoms with E-state index in [9.17, 15) is 14.7 Å². The van der Waals surface area contributed by atoms with Gasteiger partial charge in [-0.25, -0.2) is 4.79 Å². The second kappa shape index (κ2) is 5.29. The molecular formula is C11H15NO4S. The first-order valence-corrected chi connectivity index (χ1v) is 5.93. The molecule has 2 unspecified atom stereocenters. The number of nitrogens with one attached hydrogen (secondary N) is 1. The molecule has 0 radical (unpaired) electrons. The topological polar surface area (TPSA) is 86.6 Å². The predicted octanol–water partition coefficient (Wildman–Crippen LogP) is 0.929. The second-order valence-electron chi connectivity index (χ2n) is 3.88. The first kappa shape index (κ1) is 13.7. The van der Waals surface area contributed by atoms with Crippen LogP contribution in [0.1, 0.15) is 27.0 Å². The van der Waals surface area contributed by atoms with Crippen LogP contribution >= 0.6 is 11.3 Å². The SMILES string of the molecule is Cc1cc(C(=O)NC(C(=O)O)C(C)O)sc1C. The van der Waals surface area contributed by atoms with E-state index < -0.39 is 24.0 Å². The molecule has 0 aromatic carbocycles. The molecule has 0 spiro atoms. The highest BCUT2D eigenvalue weighted by atomic mass is 32.1. The minimum atomic E-state index is -1.29. The lowest BCUT2D eigenvalue weighted by molar-refractivity contribution is -0.141. The van der Waals surface area contributed by atoms with Gasteiger partial charge in [-0.1, -0.05) is 0 Å². The van der Waals surface area contributed by atoms with Crippen molar-refractivity contribution < 1.29 is 19.8 Å². The molecule has 0 saturated heterocycles. The van der Waals surface area contributed by atoms with Gasteiger partial charge in [0.15, 0.2) is 6.04 Å². The number of hydrogen-bond acceptors (Lipinski definition) is 4. The summed E-state index contributed by atoms with van der Waals surface area (Å²) in [4.78, 5) is 24.0. The fraction of sp³-hybridized carbons (Fsp3) is 0.455. The molecule has 6 heteroatoms. The first-order valence-electron chi connectivity index (χ1n) is 5.11. The minimum Gasteiger partial charge on any atom is -0.480 e. The van der Waals surface area contributed by atoms with Gasteiger partial charge >= 0.3 is 5.97 Å². The van der Waals surface area contributed by atoms with E-state index in [1.165, 1.54) is 18.3 Å². The number of aliphatic carboxylic acids is 1. The van der Waals surface area contributed by atoms with Crippen LogP contribution in [0.3, 0.4) is 0 Å². The Morgan fingerprint density at radius 3 is 2.35 bits per heavy atom. The monoisotopic (exact) mass is 257 g/mol. The number of rotatable bonds is 4. The Balaban J connectivity index is 2.81. The molecule has 0 saturated carbocycles. The number of carboxylic acid groups (broad SMARTS) is 1. The number of amides is 1. The summed E-state index contributed by atoms with van der Waals surface area (Å²) in [5.41, 5.74) is 0.990. The number of aliphatic hydroxyl groups excluding tert-OH is 1. The molecular weight excluding hydrogens is 242 g/mol. The number of carboxylic acids is 1. The van der Waals surface area contributed by atoms with E-state index in [0.29, 0.717) is 4.88 Å². The molecule has 5 nitrogen and oxygen atoms in total. The van der Waals surface area contributed by atoms with Gasteiger partial charge in [-0.05, 0) is 32.4 Å². The maximum absolute atomic E-state index is 11.8. The van der Waals surface area contributed by atoms with Gasteiger partial charge in [-0.2, -0.15) is 0 Å². The first-order chi connectivity index (χ1) is 7.82. The molecule has 1 aromatic rings. The maximum Gasteiger partial charge on any atom is 0.328 e. The number of carbonyl (C=O) groups excluding carboxylic acids is 1. The average molecular weight is 257 g/mol. The lowest BCUT2D eigenvalue weighted by atomic mass is 10.2. The van der Waals surface area contributed by atoms with E-state index in [4.69, 9.17) is 5.11 Å². The lowest BCUT2D eigenvalue weighted by Gasteiger charge is -2.16. The summed E-state index contributed by atoms with van der Waals surface area (Å²) in [6.07, 6.45) is -1.14. The number of carbonyl (C=O) groups is 2. The summed E-state index contributed by atoms with van der Waals surface area (Å²) in [6, 6.07) is 0.418. The zero-order chi connectivity index (χ0) is 13.2. The molecule has 0 aliphatic rings. The van der Waals surface area contributed by atoms with Gasteiger partial charge in [0, 0.05) is 4.88 Å². The van der Waals surface area contributed by atoms with Crippen molar-refractivity contribution in [2.24, 2.45) is 0 Å². The van der Waals surface area contributed by atoms with Gasteiger partial charge in [-0.3, -0.25) is 4.79 Å². The van der Waals surface area contributed by atoms with Crippen LogP contribution in [-0.4, -0.2) is 34.2 Å². The van der Waals surface area contributed by atoms with Crippen molar-refractivity contribution >= 4 is 23.2 Å². The van der Waals surface area contributed by atoms with Crippen molar-refractivity contribution in [1.29, 1.82) is 0 Å². The molecule has 94 valence electrons. The Hall–Kier alpha value is -1.40. The van der Waals surface area contributed by atoms with Crippen LogP contribution in [0.5, 0.6) is 0 Å². The van der Waals surface area contributed by atoms with Crippen molar-refractivity contribution in [2.45, 2.75) is 32.9 Å². The number of aliphatic hydroxyl groups is 1. The summed E-state index contributed by atoms with van der Waals surface area (Å²) in [7, 11) is 0. The Kier molecular flexibility index (Phi) is 4.25. The van der Waals surface area contributed by atoms with E-state index in [-0.39, 0.29) is 0 Å². The van der Waals surface area contributed by atoms with Crippen LogP contribution in [0, 0.1) is 13.8 Å². The average Bonchev–Trinajstić information content (AvgIpc) is 2.54. The van der Waals surface area contributed by atoms with Crippen LogP contribution < -0.4 is 5.32 Å². The fourth-order valence-corrected chi connectivity index (χ4v) is 2.22. The minimum absolute atomic E-state index is 0.451. The van der Waals surface area contributed by atoms with Gasteiger partial charge in [0.25, 0.3) is 5.91 Å². The van der Waals surface area contributed by atoms with Gasteiger partial charge in [0.1, 0.15) is 0 Å². The van der Waals surface area contributed by atoms with E-state index in [1.54, 1.807) is 6.07 Å². The summed E-state index contributed by atoms with van der Waals surface area (Å²) in [6.45, 7) is 5.09. The highest BCUT2D eigenvalue weighted by Crippen LogP contribution is 2.20. The van der Waals surface area contributed by atoms with Crippen molar-refractivity contribution in [3.8, 4) is 0 Å². The molecule has 3 N–H and O–H groups in total. The zero-order valence-corrected chi connectivity index (χ0v) is 10.7. The lowest BCUT2D eigenvalue weighted by Crippen LogP contribution is -2.47. The number of hydrogen-bond donors (Lipinski definition) is 3. The molecule has 1 amide bonds. The molecule has 1 rings (SSSR count). The fourth-order valence-electron chi connectivity index (χ4n) is 1.29. The van der Waals surface area contributed by atoms with Gasteiger partial charge in [-0.15, -0.1) is 11.3 Å². The van der Waals surface area contributed by atoms with Crippen LogP contribution in [0.4, 0.5) is 0 Å². The van der Waals surface area contributed by atoms with E-state index in [1.807, 2.05) is 13.8 Å². The molecule has 0 aliphatic carbocycles. The van der Waals surface area contributed by atoms with Crippen molar-refractivity contribution in [1.82, 2.24) is 5.32 Å². The van der Waals surface area contributed by atoms with Crippen LogP contribution in [0.2, 0.25) is 0 Å². The van der Waals surface area contributed by atoms with Crippen molar-refractivity contribution in [3.05, 3.63) is 21.4 Å². The van der Waals surface area contributed by atoms with E-state index >= 15 is 0 Å². The summed E-state index contributed by atoms with van der Waals surface area (Å²) in [5, 5.41) is 20.4. The standard InChI is InChI=1S/C11H15NO4S/c1-5-4-8(17-7(5)3)10(14)12-9(6(2)13)11(15)16/h4,6,9,13H,1-3H3,(H,12,14)(H,15,16). The zero-order valence-electron chi connectivity index (χ0n) is 9.85. The molecule has 0 bridgehead atoms. The van der Waals surface area contributed by atoms with Crippen molar-refractivity contribution in [2.75, 3.05) is 0 Å². The van der Waals surface area contributed by atoms with Crippen molar-refractivity contribution in [3.63, 3.8) is 0 Å². The highest BCUT2D eigenvalue weighted by molar-refractivity contribution is 7.14. The van der Waals surface area contributed by atoms with Crippen LogP contribution in [0.15, 0.2) is 6.07 Å². The number of thiophene rings is 1. The summed E-state index contributed by atoms with van der Waals surface area (Å²) in [5.74, 6) is -1.72. The largest absolute Gasteiger partial charge is 0.480 e. The van der Waals surface area contributed by atoms with Gasteiger partial charge in [0.2, 0.25) is 0 Å². The highest BCUT2D eigenvalue weighted by Gasteiger charge is 2.26. The van der Waals surface area contributed by atoms with Crippen LogP contribution in [-0.2, 0) is 4.79 Å². The molecule has 2 atom stereocenters. The third kappa shape index (κ3) is 3.28. The van der Waals surface area contributed by atoms with Gasteiger partial charge in [0.05, 0.1) is 11.0 Å². The Bertz CT molecular complexity index is 419. The van der Waals surface area contributed by atoms with E-state index in [2.05, 4.69) is 5.32 Å². The molecule has 0 fully saturated rings.